The SMILES string of the molecule is C[C@]12OC(=O)[C@@H]3C[C@@H]4C(=O)O[C@](Cc5ccccc5)(O1)[C@H]4[C@@H]32. The normalized spacial score (nSPS) is 47.5. The molecule has 3 heterocycles. The Kier molecular flexibility index (Phi) is 2.13. The Morgan fingerprint density at radius 2 is 1.73 bits per heavy atom. The molecule has 6 atom stereocenters. The van der Waals surface area contributed by atoms with Crippen LogP contribution in [0.1, 0.15) is 18.9 Å². The van der Waals surface area contributed by atoms with E-state index in [0.29, 0.717) is 12.8 Å². The third-order valence-corrected chi connectivity index (χ3v) is 5.73. The van der Waals surface area contributed by atoms with Crippen LogP contribution in [0.15, 0.2) is 30.3 Å². The van der Waals surface area contributed by atoms with E-state index in [-0.39, 0.29) is 35.6 Å². The molecule has 5 rings (SSSR count). The first-order chi connectivity index (χ1) is 10.5. The summed E-state index contributed by atoms with van der Waals surface area (Å²) in [6, 6.07) is 9.84. The lowest BCUT2D eigenvalue weighted by molar-refractivity contribution is -0.287. The minimum Gasteiger partial charge on any atom is -0.433 e. The molecule has 1 saturated carbocycles. The van der Waals surface area contributed by atoms with Crippen LogP contribution >= 0.6 is 0 Å². The summed E-state index contributed by atoms with van der Waals surface area (Å²) >= 11 is 0. The van der Waals surface area contributed by atoms with Gasteiger partial charge >= 0.3 is 11.9 Å². The topological polar surface area (TPSA) is 61.8 Å². The molecule has 5 nitrogen and oxygen atoms in total. The molecule has 0 radical (unpaired) electrons. The van der Waals surface area contributed by atoms with Gasteiger partial charge in [-0.25, -0.2) is 0 Å². The molecule has 1 aromatic carbocycles. The largest absolute Gasteiger partial charge is 0.433 e. The van der Waals surface area contributed by atoms with Gasteiger partial charge in [0.2, 0.25) is 11.6 Å². The Hall–Kier alpha value is -1.88. The maximum Gasteiger partial charge on any atom is 0.312 e. The third-order valence-electron chi connectivity index (χ3n) is 5.73. The minimum atomic E-state index is -0.988. The number of esters is 2. The van der Waals surface area contributed by atoms with Crippen molar-refractivity contribution in [1.29, 1.82) is 0 Å². The number of carbonyl (C=O) groups is 2. The van der Waals surface area contributed by atoms with Gasteiger partial charge in [-0.05, 0) is 12.0 Å². The number of hydrogen-bond acceptors (Lipinski definition) is 5. The van der Waals surface area contributed by atoms with Crippen LogP contribution in [0.2, 0.25) is 0 Å². The van der Waals surface area contributed by atoms with E-state index in [4.69, 9.17) is 14.2 Å². The van der Waals surface area contributed by atoms with Gasteiger partial charge in [0.05, 0.1) is 11.8 Å². The van der Waals surface area contributed by atoms with Gasteiger partial charge in [0.25, 0.3) is 0 Å². The summed E-state index contributed by atoms with van der Waals surface area (Å²) in [6.07, 6.45) is 1.03. The molecule has 1 aromatic rings. The van der Waals surface area contributed by atoms with Gasteiger partial charge in [-0.15, -0.1) is 0 Å². The van der Waals surface area contributed by atoms with E-state index in [1.807, 2.05) is 30.3 Å². The van der Waals surface area contributed by atoms with Crippen LogP contribution in [0.25, 0.3) is 0 Å². The maximum absolute atomic E-state index is 12.3. The van der Waals surface area contributed by atoms with Gasteiger partial charge in [0.1, 0.15) is 0 Å². The number of hydrogen-bond donors (Lipinski definition) is 0. The predicted molar refractivity (Wildman–Crippen MR) is 73.1 cm³/mol. The van der Waals surface area contributed by atoms with Gasteiger partial charge in [0.15, 0.2) is 0 Å². The molecule has 0 N–H and O–H groups in total. The van der Waals surface area contributed by atoms with Crippen molar-refractivity contribution < 1.29 is 23.8 Å². The molecule has 5 heteroatoms. The molecule has 3 aliphatic heterocycles. The maximum atomic E-state index is 12.3. The zero-order valence-electron chi connectivity index (χ0n) is 12.2. The van der Waals surface area contributed by atoms with Gasteiger partial charge in [-0.3, -0.25) is 14.3 Å². The predicted octanol–water partition coefficient (Wildman–Crippen LogP) is 1.65. The molecule has 22 heavy (non-hydrogen) atoms. The Bertz CT molecular complexity index is 686. The number of carbonyl (C=O) groups excluding carboxylic acids is 2. The van der Waals surface area contributed by atoms with Crippen LogP contribution in [0, 0.1) is 23.7 Å². The first-order valence-corrected chi connectivity index (χ1v) is 7.72. The summed E-state index contributed by atoms with van der Waals surface area (Å²) in [4.78, 5) is 24.3. The van der Waals surface area contributed by atoms with E-state index in [1.165, 1.54) is 0 Å². The molecule has 0 amide bonds. The number of rotatable bonds is 2. The molecule has 0 bridgehead atoms. The van der Waals surface area contributed by atoms with E-state index in [2.05, 4.69) is 0 Å². The van der Waals surface area contributed by atoms with Crippen LogP contribution < -0.4 is 0 Å². The van der Waals surface area contributed by atoms with E-state index in [0.717, 1.165) is 5.56 Å². The van der Waals surface area contributed by atoms with Crippen molar-refractivity contribution in [3.05, 3.63) is 35.9 Å². The third kappa shape index (κ3) is 1.33. The minimum absolute atomic E-state index is 0.0832. The van der Waals surface area contributed by atoms with Crippen molar-refractivity contribution in [2.45, 2.75) is 31.3 Å². The summed E-state index contributed by atoms with van der Waals surface area (Å²) in [5.74, 6) is -3.07. The monoisotopic (exact) mass is 300 g/mol. The summed E-state index contributed by atoms with van der Waals surface area (Å²) < 4.78 is 17.4. The molecular formula is C17H16O5. The van der Waals surface area contributed by atoms with E-state index in [1.54, 1.807) is 6.92 Å². The van der Waals surface area contributed by atoms with Gasteiger partial charge in [0, 0.05) is 25.2 Å². The molecule has 4 aliphatic rings. The summed E-state index contributed by atoms with van der Waals surface area (Å²) in [5.41, 5.74) is 1.05. The molecule has 4 fully saturated rings. The highest BCUT2D eigenvalue weighted by molar-refractivity contribution is 5.83. The fourth-order valence-corrected chi connectivity index (χ4v) is 5.07. The molecule has 3 saturated heterocycles. The lowest BCUT2D eigenvalue weighted by atomic mass is 9.80. The zero-order chi connectivity index (χ0) is 15.1. The number of benzene rings is 1. The summed E-state index contributed by atoms with van der Waals surface area (Å²) in [7, 11) is 0. The molecule has 0 spiro atoms. The van der Waals surface area contributed by atoms with Gasteiger partial charge < -0.3 is 9.47 Å². The zero-order valence-corrected chi connectivity index (χ0v) is 12.2. The van der Waals surface area contributed by atoms with Crippen molar-refractivity contribution in [3.8, 4) is 0 Å². The number of ether oxygens (including phenoxy) is 3. The highest BCUT2D eigenvalue weighted by Crippen LogP contribution is 2.67. The highest BCUT2D eigenvalue weighted by atomic mass is 16.8. The van der Waals surface area contributed by atoms with Crippen molar-refractivity contribution in [2.75, 3.05) is 0 Å². The second kappa shape index (κ2) is 3.71. The first kappa shape index (κ1) is 12.6. The first-order valence-electron chi connectivity index (χ1n) is 7.72. The van der Waals surface area contributed by atoms with E-state index < -0.39 is 11.6 Å². The van der Waals surface area contributed by atoms with Crippen molar-refractivity contribution in [2.24, 2.45) is 23.7 Å². The molecular weight excluding hydrogens is 284 g/mol. The second-order valence-corrected chi connectivity index (χ2v) is 6.93. The van der Waals surface area contributed by atoms with E-state index in [9.17, 15) is 9.59 Å². The summed E-state index contributed by atoms with van der Waals surface area (Å²) in [5, 5.41) is 0. The fourth-order valence-electron chi connectivity index (χ4n) is 5.07. The van der Waals surface area contributed by atoms with Crippen LogP contribution in [0.5, 0.6) is 0 Å². The Labute approximate surface area is 127 Å². The Balaban J connectivity index is 1.60. The molecule has 0 aromatic heterocycles. The summed E-state index contributed by atoms with van der Waals surface area (Å²) in [6.45, 7) is 1.80. The average Bonchev–Trinajstić information content (AvgIpc) is 3.10. The van der Waals surface area contributed by atoms with Crippen molar-refractivity contribution >= 4 is 11.9 Å². The standard InChI is InChI=1S/C17H16O5/c1-16-12-10(14(18)20-16)7-11-13(12)17(22-16,21-15(11)19)8-9-5-3-2-4-6-9/h2-6,10-13H,7-8H2,1H3/t10-,11+,12-,13-,16+,17-/m1/s1. The van der Waals surface area contributed by atoms with Crippen LogP contribution in [-0.2, 0) is 30.2 Å². The Morgan fingerprint density at radius 3 is 2.50 bits per heavy atom. The van der Waals surface area contributed by atoms with Crippen LogP contribution in [0.3, 0.4) is 0 Å². The molecule has 0 unspecified atom stereocenters. The smallest absolute Gasteiger partial charge is 0.312 e. The quantitative estimate of drug-likeness (QED) is 0.777. The van der Waals surface area contributed by atoms with Crippen LogP contribution in [0.4, 0.5) is 0 Å². The molecule has 114 valence electrons. The fraction of sp³-hybridized carbons (Fsp3) is 0.529. The average molecular weight is 300 g/mol. The van der Waals surface area contributed by atoms with Gasteiger partial charge in [-0.1, -0.05) is 30.3 Å². The van der Waals surface area contributed by atoms with E-state index >= 15 is 0 Å². The van der Waals surface area contributed by atoms with Gasteiger partial charge in [-0.2, -0.15) is 0 Å². The second-order valence-electron chi connectivity index (χ2n) is 6.93. The van der Waals surface area contributed by atoms with Crippen molar-refractivity contribution in [1.82, 2.24) is 0 Å². The molecule has 1 aliphatic carbocycles. The van der Waals surface area contributed by atoms with Crippen molar-refractivity contribution in [3.63, 3.8) is 0 Å². The Morgan fingerprint density at radius 1 is 1.05 bits per heavy atom. The van der Waals surface area contributed by atoms with Crippen LogP contribution in [-0.4, -0.2) is 23.5 Å². The lowest BCUT2D eigenvalue weighted by Crippen LogP contribution is -2.40. The highest BCUT2D eigenvalue weighted by Gasteiger charge is 2.79. The lowest BCUT2D eigenvalue weighted by Gasteiger charge is -2.30.